The second-order valence-electron chi connectivity index (χ2n) is 7.40. The monoisotopic (exact) mass is 407 g/mol. The molecule has 0 amide bonds. The molecule has 0 fully saturated rings. The van der Waals surface area contributed by atoms with E-state index in [1.165, 1.54) is 12.3 Å². The van der Waals surface area contributed by atoms with Crippen LogP contribution in [0.3, 0.4) is 0 Å². The number of methoxy groups -OCH3 is 1. The number of halogens is 2. The van der Waals surface area contributed by atoms with Gasteiger partial charge in [-0.2, -0.15) is 4.39 Å². The Bertz CT molecular complexity index is 1000. The van der Waals surface area contributed by atoms with Crippen LogP contribution in [0.4, 0.5) is 8.78 Å². The fraction of sp³-hybridized carbons (Fsp3) is 0.429. The molecular weight excluding hydrogens is 384 g/mol. The quantitative estimate of drug-likeness (QED) is 0.709. The molecule has 0 spiro atoms. The molecule has 0 aliphatic carbocycles. The van der Waals surface area contributed by atoms with Gasteiger partial charge >= 0.3 is 5.97 Å². The number of pyridine rings is 1. The molecule has 0 bridgehead atoms. The predicted molar refractivity (Wildman–Crippen MR) is 103 cm³/mol. The number of benzene rings is 1. The predicted octanol–water partition coefficient (Wildman–Crippen LogP) is 3.66. The minimum atomic E-state index is -1.36. The molecule has 1 N–H and O–H groups in total. The van der Waals surface area contributed by atoms with Gasteiger partial charge in [0.15, 0.2) is 17.0 Å². The summed E-state index contributed by atoms with van der Waals surface area (Å²) >= 11 is 0. The third-order valence-electron chi connectivity index (χ3n) is 5.13. The summed E-state index contributed by atoms with van der Waals surface area (Å²) in [5, 5.41) is 9.27. The molecule has 0 saturated heterocycles. The zero-order valence-corrected chi connectivity index (χ0v) is 16.5. The smallest absolute Gasteiger partial charge is 0.341 e. The van der Waals surface area contributed by atoms with Crippen LogP contribution >= 0.6 is 0 Å². The van der Waals surface area contributed by atoms with Gasteiger partial charge in [-0.15, -0.1) is 0 Å². The van der Waals surface area contributed by atoms with Crippen LogP contribution in [0.15, 0.2) is 23.1 Å². The molecule has 1 aliphatic rings. The Balaban J connectivity index is 2.14. The maximum Gasteiger partial charge on any atom is 0.341 e. The van der Waals surface area contributed by atoms with Gasteiger partial charge in [0.05, 0.1) is 12.3 Å². The van der Waals surface area contributed by atoms with Crippen molar-refractivity contribution in [2.45, 2.75) is 32.7 Å². The molecule has 2 aromatic rings. The van der Waals surface area contributed by atoms with Crippen molar-refractivity contribution in [2.24, 2.45) is 5.92 Å². The van der Waals surface area contributed by atoms with Gasteiger partial charge < -0.3 is 19.1 Å². The number of carboxylic acids is 1. The van der Waals surface area contributed by atoms with Gasteiger partial charge in [-0.05, 0) is 24.0 Å². The Labute approximate surface area is 166 Å². The van der Waals surface area contributed by atoms with E-state index in [1.54, 1.807) is 11.7 Å². The van der Waals surface area contributed by atoms with Gasteiger partial charge in [0, 0.05) is 44.0 Å². The molecule has 0 saturated carbocycles. The lowest BCUT2D eigenvalue weighted by molar-refractivity contribution is 0.0694. The average Bonchev–Trinajstić information content (AvgIpc) is 2.66. The number of aromatic nitrogens is 1. The fourth-order valence-corrected chi connectivity index (χ4v) is 3.65. The fourth-order valence-electron chi connectivity index (χ4n) is 3.65. The third kappa shape index (κ3) is 3.89. The maximum atomic E-state index is 15.0. The third-order valence-corrected chi connectivity index (χ3v) is 5.13. The van der Waals surface area contributed by atoms with Crippen LogP contribution in [0, 0.1) is 17.6 Å². The average molecular weight is 407 g/mol. The van der Waals surface area contributed by atoms with Crippen molar-refractivity contribution in [3.05, 3.63) is 51.3 Å². The zero-order valence-electron chi connectivity index (χ0n) is 16.5. The summed E-state index contributed by atoms with van der Waals surface area (Å²) in [7, 11) is 1.54. The normalized spacial score (nSPS) is 15.2. The second-order valence-corrected chi connectivity index (χ2v) is 7.40. The SMILES string of the molecule is COCCCOc1cc2c(c(F)c1F)-c1cc(=O)c(C(=O)O)cn1[C@H](C(C)C)C2. The number of ether oxygens (including phenoxy) is 2. The summed E-state index contributed by atoms with van der Waals surface area (Å²) < 4.78 is 41.5. The Kier molecular flexibility index (Phi) is 6.02. The number of aromatic carboxylic acids is 1. The second kappa shape index (κ2) is 8.32. The van der Waals surface area contributed by atoms with E-state index in [-0.39, 0.29) is 35.6 Å². The van der Waals surface area contributed by atoms with Crippen LogP contribution in [0.1, 0.15) is 42.2 Å². The number of nitrogens with zero attached hydrogens (tertiary/aromatic N) is 1. The van der Waals surface area contributed by atoms with Crippen LogP contribution < -0.4 is 10.2 Å². The minimum absolute atomic E-state index is 0.0299. The van der Waals surface area contributed by atoms with Gasteiger partial charge in [0.2, 0.25) is 5.82 Å². The number of carbonyl (C=O) groups is 1. The van der Waals surface area contributed by atoms with Crippen LogP contribution in [0.25, 0.3) is 11.3 Å². The topological polar surface area (TPSA) is 77.8 Å². The Hall–Kier alpha value is -2.74. The first kappa shape index (κ1) is 21.0. The van der Waals surface area contributed by atoms with Crippen molar-refractivity contribution >= 4 is 5.97 Å². The van der Waals surface area contributed by atoms with E-state index in [2.05, 4.69) is 0 Å². The molecule has 6 nitrogen and oxygen atoms in total. The summed E-state index contributed by atoms with van der Waals surface area (Å²) in [5.41, 5.74) is -0.493. The highest BCUT2D eigenvalue weighted by molar-refractivity contribution is 5.87. The van der Waals surface area contributed by atoms with Crippen molar-refractivity contribution in [1.82, 2.24) is 4.57 Å². The maximum absolute atomic E-state index is 15.0. The first-order valence-corrected chi connectivity index (χ1v) is 9.38. The summed E-state index contributed by atoms with van der Waals surface area (Å²) in [6.07, 6.45) is 2.10. The molecule has 29 heavy (non-hydrogen) atoms. The molecule has 156 valence electrons. The van der Waals surface area contributed by atoms with Crippen molar-refractivity contribution < 1.29 is 28.2 Å². The highest BCUT2D eigenvalue weighted by atomic mass is 19.2. The van der Waals surface area contributed by atoms with E-state index in [0.29, 0.717) is 25.0 Å². The lowest BCUT2D eigenvalue weighted by Gasteiger charge is -2.33. The number of carboxylic acid groups (broad SMARTS) is 1. The molecule has 8 heteroatoms. The number of fused-ring (bicyclic) bond motifs is 3. The van der Waals surface area contributed by atoms with Crippen LogP contribution in [-0.4, -0.2) is 36.0 Å². The summed E-state index contributed by atoms with van der Waals surface area (Å²) in [6.45, 7) is 4.50. The molecule has 2 heterocycles. The number of hydrogen-bond acceptors (Lipinski definition) is 4. The first-order valence-electron chi connectivity index (χ1n) is 9.38. The summed E-state index contributed by atoms with van der Waals surface area (Å²) in [6, 6.07) is 2.32. The molecule has 1 atom stereocenters. The largest absolute Gasteiger partial charge is 0.490 e. The van der Waals surface area contributed by atoms with Gasteiger partial charge in [-0.25, -0.2) is 9.18 Å². The Morgan fingerprint density at radius 3 is 2.62 bits per heavy atom. The molecule has 1 aromatic heterocycles. The van der Waals surface area contributed by atoms with Crippen molar-refractivity contribution in [2.75, 3.05) is 20.3 Å². The zero-order chi connectivity index (χ0) is 21.3. The molecule has 0 unspecified atom stereocenters. The lowest BCUT2D eigenvalue weighted by Crippen LogP contribution is -2.29. The Morgan fingerprint density at radius 2 is 2.00 bits per heavy atom. The van der Waals surface area contributed by atoms with Gasteiger partial charge in [-0.3, -0.25) is 4.79 Å². The van der Waals surface area contributed by atoms with E-state index in [9.17, 15) is 19.1 Å². The van der Waals surface area contributed by atoms with Gasteiger partial charge in [0.1, 0.15) is 5.56 Å². The number of hydrogen-bond donors (Lipinski definition) is 1. The molecule has 1 aliphatic heterocycles. The Morgan fingerprint density at radius 1 is 1.28 bits per heavy atom. The van der Waals surface area contributed by atoms with Crippen LogP contribution in [0.5, 0.6) is 5.75 Å². The molecule has 0 radical (unpaired) electrons. The first-order chi connectivity index (χ1) is 13.8. The van der Waals surface area contributed by atoms with E-state index >= 15 is 4.39 Å². The van der Waals surface area contributed by atoms with Gasteiger partial charge in [-0.1, -0.05) is 13.8 Å². The standard InChI is InChI=1S/C21H23F2NO5/c1-11(2)14-7-12-8-17(29-6-4-5-28-3)19(22)20(23)18(12)15-9-16(25)13(21(26)27)10-24(14)15/h8-11,14H,4-7H2,1-3H3,(H,26,27)/t14-/m0/s1. The van der Waals surface area contributed by atoms with E-state index < -0.39 is 28.6 Å². The van der Waals surface area contributed by atoms with Gasteiger partial charge in [0.25, 0.3) is 0 Å². The van der Waals surface area contributed by atoms with E-state index in [0.717, 1.165) is 6.07 Å². The number of rotatable bonds is 7. The van der Waals surface area contributed by atoms with E-state index in [1.807, 2.05) is 13.8 Å². The summed E-state index contributed by atoms with van der Waals surface area (Å²) in [4.78, 5) is 23.6. The lowest BCUT2D eigenvalue weighted by atomic mass is 9.86. The molecule has 1 aromatic carbocycles. The molecular formula is C21H23F2NO5. The minimum Gasteiger partial charge on any atom is -0.490 e. The molecule has 3 rings (SSSR count). The highest BCUT2D eigenvalue weighted by Crippen LogP contribution is 2.41. The summed E-state index contributed by atoms with van der Waals surface area (Å²) in [5.74, 6) is -3.72. The van der Waals surface area contributed by atoms with E-state index in [4.69, 9.17) is 9.47 Å². The van der Waals surface area contributed by atoms with Crippen molar-refractivity contribution in [1.29, 1.82) is 0 Å². The van der Waals surface area contributed by atoms with Crippen molar-refractivity contribution in [3.8, 4) is 17.0 Å². The van der Waals surface area contributed by atoms with Crippen LogP contribution in [-0.2, 0) is 11.2 Å². The van der Waals surface area contributed by atoms with Crippen LogP contribution in [0.2, 0.25) is 0 Å². The van der Waals surface area contributed by atoms with Crippen molar-refractivity contribution in [3.63, 3.8) is 0 Å². The highest BCUT2D eigenvalue weighted by Gasteiger charge is 2.32.